The van der Waals surface area contributed by atoms with Gasteiger partial charge in [0, 0.05) is 6.42 Å². The van der Waals surface area contributed by atoms with Crippen LogP contribution >= 0.6 is 0 Å². The van der Waals surface area contributed by atoms with Gasteiger partial charge in [-0.3, -0.25) is 0 Å². The van der Waals surface area contributed by atoms with Gasteiger partial charge in [0.2, 0.25) is 0 Å². The standard InChI is InChI=1S/C19H37N2/c1-4-7-8-9-10-11-12-13-14-15-19-20(6-3)17-18-21(19)16-5-2/h17-18H,4-16H2,1-3H3/q+1. The van der Waals surface area contributed by atoms with Crippen molar-refractivity contribution in [2.45, 2.75) is 104 Å². The summed E-state index contributed by atoms with van der Waals surface area (Å²) in [6.07, 6.45) is 19.7. The molecule has 2 heteroatoms. The minimum atomic E-state index is 1.10. The molecule has 2 nitrogen and oxygen atoms in total. The molecule has 122 valence electrons. The lowest BCUT2D eigenvalue weighted by Gasteiger charge is -2.04. The highest BCUT2D eigenvalue weighted by molar-refractivity contribution is 4.84. The average molecular weight is 294 g/mol. The van der Waals surface area contributed by atoms with Crippen molar-refractivity contribution in [3.63, 3.8) is 0 Å². The van der Waals surface area contributed by atoms with Gasteiger partial charge in [0.15, 0.2) is 0 Å². The zero-order valence-electron chi connectivity index (χ0n) is 14.7. The Morgan fingerprint density at radius 3 is 2.00 bits per heavy atom. The quantitative estimate of drug-likeness (QED) is 0.346. The van der Waals surface area contributed by atoms with Crippen molar-refractivity contribution in [1.82, 2.24) is 4.57 Å². The fourth-order valence-corrected chi connectivity index (χ4v) is 3.11. The molecule has 1 aromatic rings. The molecule has 0 fully saturated rings. The Balaban J connectivity index is 2.16. The maximum absolute atomic E-state index is 2.45. The van der Waals surface area contributed by atoms with Crippen LogP contribution in [0.15, 0.2) is 12.4 Å². The van der Waals surface area contributed by atoms with E-state index in [-0.39, 0.29) is 0 Å². The van der Waals surface area contributed by atoms with E-state index in [0.717, 1.165) is 6.54 Å². The van der Waals surface area contributed by atoms with Crippen LogP contribution in [0, 0.1) is 0 Å². The molecule has 0 atom stereocenters. The Bertz CT molecular complexity index is 354. The van der Waals surface area contributed by atoms with E-state index < -0.39 is 0 Å². The Morgan fingerprint density at radius 1 is 0.810 bits per heavy atom. The first kappa shape index (κ1) is 18.3. The number of imidazole rings is 1. The molecule has 1 heterocycles. The molecule has 0 aromatic carbocycles. The Kier molecular flexibility index (Phi) is 10.3. The first-order valence-electron chi connectivity index (χ1n) is 9.40. The molecule has 0 bridgehead atoms. The van der Waals surface area contributed by atoms with Crippen LogP contribution in [0.5, 0.6) is 0 Å². The average Bonchev–Trinajstić information content (AvgIpc) is 2.88. The second kappa shape index (κ2) is 11.8. The summed E-state index contributed by atoms with van der Waals surface area (Å²) >= 11 is 0. The predicted molar refractivity (Wildman–Crippen MR) is 91.5 cm³/mol. The molecule has 0 aliphatic rings. The summed E-state index contributed by atoms with van der Waals surface area (Å²) < 4.78 is 4.87. The molecular weight excluding hydrogens is 256 g/mol. The summed E-state index contributed by atoms with van der Waals surface area (Å²) in [5.41, 5.74) is 0. The van der Waals surface area contributed by atoms with Crippen LogP contribution in [0.25, 0.3) is 0 Å². The van der Waals surface area contributed by atoms with Gasteiger partial charge in [0.25, 0.3) is 5.82 Å². The lowest BCUT2D eigenvalue weighted by Crippen LogP contribution is -2.36. The van der Waals surface area contributed by atoms with E-state index in [4.69, 9.17) is 0 Å². The van der Waals surface area contributed by atoms with E-state index in [1.54, 1.807) is 0 Å². The number of nitrogens with zero attached hydrogens (tertiary/aromatic N) is 2. The number of hydrogen-bond donors (Lipinski definition) is 0. The number of hydrogen-bond acceptors (Lipinski definition) is 0. The lowest BCUT2D eigenvalue weighted by atomic mass is 10.1. The third-order valence-electron chi connectivity index (χ3n) is 4.40. The summed E-state index contributed by atoms with van der Waals surface area (Å²) in [7, 11) is 0. The van der Waals surface area contributed by atoms with Gasteiger partial charge in [0.05, 0.1) is 13.1 Å². The highest BCUT2D eigenvalue weighted by Gasteiger charge is 2.14. The summed E-state index contributed by atoms with van der Waals surface area (Å²) in [6.45, 7) is 9.06. The molecule has 0 aliphatic carbocycles. The molecule has 0 unspecified atom stereocenters. The van der Waals surface area contributed by atoms with Crippen molar-refractivity contribution in [3.8, 4) is 0 Å². The lowest BCUT2D eigenvalue weighted by molar-refractivity contribution is -0.700. The van der Waals surface area contributed by atoms with Gasteiger partial charge >= 0.3 is 0 Å². The van der Waals surface area contributed by atoms with E-state index in [1.165, 1.54) is 83.0 Å². The normalized spacial score (nSPS) is 11.2. The summed E-state index contributed by atoms with van der Waals surface area (Å²) in [4.78, 5) is 0. The van der Waals surface area contributed by atoms with Crippen molar-refractivity contribution < 1.29 is 4.57 Å². The maximum atomic E-state index is 2.45. The van der Waals surface area contributed by atoms with Crippen LogP contribution < -0.4 is 4.57 Å². The third-order valence-corrected chi connectivity index (χ3v) is 4.40. The van der Waals surface area contributed by atoms with Crippen LogP contribution in [0.2, 0.25) is 0 Å². The number of rotatable bonds is 13. The minimum Gasteiger partial charge on any atom is -0.235 e. The summed E-state index contributed by atoms with van der Waals surface area (Å²) in [5.74, 6) is 1.53. The fourth-order valence-electron chi connectivity index (χ4n) is 3.11. The van der Waals surface area contributed by atoms with Gasteiger partial charge < -0.3 is 0 Å². The van der Waals surface area contributed by atoms with Crippen molar-refractivity contribution in [2.75, 3.05) is 0 Å². The van der Waals surface area contributed by atoms with E-state index in [1.807, 2.05) is 0 Å². The molecule has 0 spiro atoms. The fraction of sp³-hybridized carbons (Fsp3) is 0.842. The van der Waals surface area contributed by atoms with Crippen molar-refractivity contribution in [2.24, 2.45) is 0 Å². The van der Waals surface area contributed by atoms with Gasteiger partial charge in [-0.2, -0.15) is 0 Å². The van der Waals surface area contributed by atoms with Crippen LogP contribution in [-0.4, -0.2) is 4.57 Å². The van der Waals surface area contributed by atoms with E-state index in [0.29, 0.717) is 0 Å². The first-order chi connectivity index (χ1) is 10.3. The maximum Gasteiger partial charge on any atom is 0.256 e. The molecule has 0 saturated carbocycles. The van der Waals surface area contributed by atoms with Crippen molar-refractivity contribution in [1.29, 1.82) is 0 Å². The topological polar surface area (TPSA) is 8.81 Å². The zero-order chi connectivity index (χ0) is 15.3. The summed E-state index contributed by atoms with van der Waals surface area (Å²) in [6, 6.07) is 0. The van der Waals surface area contributed by atoms with Gasteiger partial charge in [-0.25, -0.2) is 9.13 Å². The molecule has 1 rings (SSSR count). The monoisotopic (exact) mass is 293 g/mol. The van der Waals surface area contributed by atoms with Gasteiger partial charge in [-0.1, -0.05) is 65.2 Å². The second-order valence-corrected chi connectivity index (χ2v) is 6.27. The van der Waals surface area contributed by atoms with E-state index in [9.17, 15) is 0 Å². The number of aryl methyl sites for hydroxylation is 2. The number of unbranched alkanes of at least 4 members (excludes halogenated alkanes) is 8. The Labute approximate surface area is 132 Å². The zero-order valence-corrected chi connectivity index (χ0v) is 14.7. The van der Waals surface area contributed by atoms with E-state index >= 15 is 0 Å². The third kappa shape index (κ3) is 7.15. The first-order valence-corrected chi connectivity index (χ1v) is 9.40. The summed E-state index contributed by atoms with van der Waals surface area (Å²) in [5, 5.41) is 0. The minimum absolute atomic E-state index is 1.10. The second-order valence-electron chi connectivity index (χ2n) is 6.27. The van der Waals surface area contributed by atoms with Gasteiger partial charge in [-0.15, -0.1) is 0 Å². The van der Waals surface area contributed by atoms with Crippen LogP contribution in [0.4, 0.5) is 0 Å². The molecule has 21 heavy (non-hydrogen) atoms. The van der Waals surface area contributed by atoms with Crippen LogP contribution in [-0.2, 0) is 19.5 Å². The smallest absolute Gasteiger partial charge is 0.235 e. The van der Waals surface area contributed by atoms with Crippen molar-refractivity contribution >= 4 is 0 Å². The molecular formula is C19H37N2+. The van der Waals surface area contributed by atoms with Crippen molar-refractivity contribution in [3.05, 3.63) is 18.2 Å². The highest BCUT2D eigenvalue weighted by Crippen LogP contribution is 2.11. The van der Waals surface area contributed by atoms with Gasteiger partial charge in [-0.05, 0) is 19.8 Å². The van der Waals surface area contributed by atoms with E-state index in [2.05, 4.69) is 42.3 Å². The van der Waals surface area contributed by atoms with Crippen LogP contribution in [0.3, 0.4) is 0 Å². The number of aromatic nitrogens is 2. The molecule has 0 N–H and O–H groups in total. The Hall–Kier alpha value is -0.790. The molecule has 0 radical (unpaired) electrons. The SMILES string of the molecule is CCCCCCCCCCCc1n(CCC)cc[n+]1CC. The Morgan fingerprint density at radius 2 is 1.43 bits per heavy atom. The predicted octanol–water partition coefficient (Wildman–Crippen LogP) is 5.28. The largest absolute Gasteiger partial charge is 0.256 e. The van der Waals surface area contributed by atoms with Gasteiger partial charge in [0.1, 0.15) is 12.4 Å². The highest BCUT2D eigenvalue weighted by atomic mass is 15.1. The molecule has 1 aromatic heterocycles. The molecule has 0 aliphatic heterocycles. The molecule has 0 amide bonds. The molecule has 0 saturated heterocycles. The van der Waals surface area contributed by atoms with Crippen LogP contribution in [0.1, 0.15) is 90.8 Å².